The van der Waals surface area contributed by atoms with Gasteiger partial charge < -0.3 is 25.0 Å². The van der Waals surface area contributed by atoms with Crippen LogP contribution < -0.4 is 9.80 Å². The summed E-state index contributed by atoms with van der Waals surface area (Å²) in [6, 6.07) is 7.80. The van der Waals surface area contributed by atoms with E-state index in [-0.39, 0.29) is 35.5 Å². The van der Waals surface area contributed by atoms with E-state index in [9.17, 15) is 19.2 Å². The number of carbonyl (C=O) groups excluding carboxylic acids is 2. The molecule has 1 aromatic heterocycles. The van der Waals surface area contributed by atoms with E-state index in [1.54, 1.807) is 9.80 Å². The monoisotopic (exact) mass is 670 g/mol. The number of carboxylic acids is 2. The number of aliphatic carboxylic acids is 2. The number of nitrogens with zero attached hydrogens (tertiary/aromatic N) is 4. The number of aryl methyl sites for hydroxylation is 1. The van der Waals surface area contributed by atoms with Gasteiger partial charge >= 0.3 is 11.9 Å². The lowest BCUT2D eigenvalue weighted by Crippen LogP contribution is -2.48. The van der Waals surface area contributed by atoms with Gasteiger partial charge in [0, 0.05) is 36.4 Å². The highest BCUT2D eigenvalue weighted by atomic mass is 32.1. The van der Waals surface area contributed by atoms with Crippen molar-refractivity contribution < 1.29 is 39.2 Å². The number of fused-ring (bicyclic) bond motifs is 4. The first-order valence-corrected chi connectivity index (χ1v) is 17.0. The highest BCUT2D eigenvalue weighted by molar-refractivity contribution is 7.11. The van der Waals surface area contributed by atoms with Crippen molar-refractivity contribution in [1.82, 2.24) is 9.80 Å². The third-order valence-corrected chi connectivity index (χ3v) is 11.3. The molecule has 6 rings (SSSR count). The lowest BCUT2D eigenvalue weighted by molar-refractivity contribution is -0.152. The summed E-state index contributed by atoms with van der Waals surface area (Å²) in [5.41, 5.74) is 3.02. The van der Waals surface area contributed by atoms with Gasteiger partial charge in [-0.1, -0.05) is 32.9 Å². The van der Waals surface area contributed by atoms with Crippen LogP contribution in [0.2, 0.25) is 0 Å². The Morgan fingerprint density at radius 2 is 1.72 bits per heavy atom. The van der Waals surface area contributed by atoms with E-state index in [0.717, 1.165) is 48.1 Å². The lowest BCUT2D eigenvalue weighted by atomic mass is 9.70. The third-order valence-electron chi connectivity index (χ3n) is 10.4. The molecule has 0 spiro atoms. The molecule has 2 aliphatic carbocycles. The largest absolute Gasteiger partial charge is 0.481 e. The summed E-state index contributed by atoms with van der Waals surface area (Å²) in [5.74, 6) is -2.28. The van der Waals surface area contributed by atoms with Gasteiger partial charge in [0.05, 0.1) is 41.7 Å². The molecule has 3 N–H and O–H groups in total. The highest BCUT2D eigenvalue weighted by Crippen LogP contribution is 2.63. The van der Waals surface area contributed by atoms with Crippen LogP contribution in [-0.4, -0.2) is 108 Å². The summed E-state index contributed by atoms with van der Waals surface area (Å²) in [4.78, 5) is 56.5. The number of carboxylic acid groups (broad SMARTS) is 2. The number of carbonyl (C=O) groups is 4. The van der Waals surface area contributed by atoms with Crippen molar-refractivity contribution in [2.75, 3.05) is 56.3 Å². The maximum absolute atomic E-state index is 14.1. The normalized spacial score (nSPS) is 25.8. The minimum Gasteiger partial charge on any atom is -0.481 e. The molecule has 256 valence electrons. The van der Waals surface area contributed by atoms with Gasteiger partial charge in [-0.15, -0.1) is 11.3 Å². The predicted molar refractivity (Wildman–Crippen MR) is 178 cm³/mol. The first-order chi connectivity index (χ1) is 22.1. The number of piperazine rings is 1. The fourth-order valence-electron chi connectivity index (χ4n) is 7.86. The smallest absolute Gasteiger partial charge is 0.333 e. The molecule has 2 amide bonds. The van der Waals surface area contributed by atoms with Gasteiger partial charge in [-0.2, -0.15) is 0 Å². The van der Waals surface area contributed by atoms with Crippen LogP contribution in [-0.2, 0) is 19.1 Å². The molecule has 13 heteroatoms. The first-order valence-electron chi connectivity index (χ1n) is 16.1. The zero-order chi connectivity index (χ0) is 34.3. The number of para-hydroxylation sites is 2. The molecule has 1 aromatic carbocycles. The second-order valence-electron chi connectivity index (χ2n) is 14.1. The van der Waals surface area contributed by atoms with Gasteiger partial charge in [0.1, 0.15) is 6.73 Å². The Kier molecular flexibility index (Phi) is 10.1. The summed E-state index contributed by atoms with van der Waals surface area (Å²) >= 11 is 1.53. The molecule has 0 radical (unpaired) electrons. The number of rotatable bonds is 8. The van der Waals surface area contributed by atoms with Crippen LogP contribution in [0.5, 0.6) is 0 Å². The fourth-order valence-corrected chi connectivity index (χ4v) is 8.68. The second-order valence-corrected chi connectivity index (χ2v) is 15.2. The van der Waals surface area contributed by atoms with Crippen molar-refractivity contribution in [2.24, 2.45) is 16.7 Å². The van der Waals surface area contributed by atoms with Crippen molar-refractivity contribution in [1.29, 1.82) is 0 Å². The van der Waals surface area contributed by atoms with E-state index in [0.29, 0.717) is 18.0 Å². The van der Waals surface area contributed by atoms with E-state index < -0.39 is 24.5 Å². The van der Waals surface area contributed by atoms with E-state index >= 15 is 0 Å². The summed E-state index contributed by atoms with van der Waals surface area (Å²) in [5, 5.41) is 26.1. The van der Waals surface area contributed by atoms with Gasteiger partial charge in [0.2, 0.25) is 5.91 Å². The molecule has 3 fully saturated rings. The molecule has 2 aromatic rings. The lowest BCUT2D eigenvalue weighted by Gasteiger charge is -2.43. The van der Waals surface area contributed by atoms with Gasteiger partial charge in [-0.05, 0) is 62.1 Å². The summed E-state index contributed by atoms with van der Waals surface area (Å²) in [6.45, 7) is 13.1. The maximum Gasteiger partial charge on any atom is 0.333 e. The first kappa shape index (κ1) is 35.0. The Hall–Kier alpha value is -3.36. The Morgan fingerprint density at radius 1 is 1.06 bits per heavy atom. The Morgan fingerprint density at radius 3 is 2.30 bits per heavy atom. The molecule has 1 saturated heterocycles. The van der Waals surface area contributed by atoms with Crippen molar-refractivity contribution in [3.8, 4) is 0 Å². The number of thiophene rings is 1. The third kappa shape index (κ3) is 6.95. The molecule has 3 heterocycles. The molecule has 4 aliphatic rings. The number of amides is 2. The SMILES string of the molecule is Cc1scc2c1N(C(=O)CN1CCN(C)CC1)c1ccccc1N(COC1C3(C)CCC(C3)C1(C)C)C2=O.O=C(O)CC(O)C(=O)O. The summed E-state index contributed by atoms with van der Waals surface area (Å²) in [6.07, 6.45) is 1.18. The number of benzene rings is 1. The molecule has 47 heavy (non-hydrogen) atoms. The quantitative estimate of drug-likeness (QED) is 0.376. The number of ether oxygens (including phenoxy) is 1. The molecule has 4 unspecified atom stereocenters. The van der Waals surface area contributed by atoms with Crippen LogP contribution in [0, 0.1) is 23.7 Å². The number of aliphatic hydroxyl groups is 1. The summed E-state index contributed by atoms with van der Waals surface area (Å²) < 4.78 is 6.72. The minimum absolute atomic E-state index is 0.00192. The van der Waals surface area contributed by atoms with Crippen LogP contribution in [0.3, 0.4) is 0 Å². The summed E-state index contributed by atoms with van der Waals surface area (Å²) in [7, 11) is 2.12. The Bertz CT molecular complexity index is 1510. The van der Waals surface area contributed by atoms with E-state index in [2.05, 4.69) is 37.6 Å². The van der Waals surface area contributed by atoms with Crippen molar-refractivity contribution >= 4 is 52.2 Å². The van der Waals surface area contributed by atoms with E-state index in [1.165, 1.54) is 30.6 Å². The van der Waals surface area contributed by atoms with Crippen LogP contribution in [0.1, 0.15) is 61.7 Å². The van der Waals surface area contributed by atoms with Crippen LogP contribution in [0.4, 0.5) is 17.1 Å². The van der Waals surface area contributed by atoms with Gasteiger partial charge in [-0.25, -0.2) is 4.79 Å². The number of aliphatic hydroxyl groups excluding tert-OH is 1. The fraction of sp³-hybridized carbons (Fsp3) is 0.588. The average molecular weight is 671 g/mol. The molecule has 2 saturated carbocycles. The number of hydrogen-bond acceptors (Lipinski definition) is 9. The number of anilines is 3. The molecule has 12 nitrogen and oxygen atoms in total. The van der Waals surface area contributed by atoms with E-state index in [1.807, 2.05) is 36.6 Å². The zero-order valence-corrected chi connectivity index (χ0v) is 28.6. The van der Waals surface area contributed by atoms with Crippen molar-refractivity contribution in [3.63, 3.8) is 0 Å². The number of likely N-dealkylation sites (N-methyl/N-ethyl adjacent to an activating group) is 1. The highest BCUT2D eigenvalue weighted by Gasteiger charge is 2.60. The molecule has 2 aliphatic heterocycles. The zero-order valence-electron chi connectivity index (χ0n) is 27.8. The van der Waals surface area contributed by atoms with Gasteiger partial charge in [0.15, 0.2) is 6.10 Å². The van der Waals surface area contributed by atoms with E-state index in [4.69, 9.17) is 20.1 Å². The van der Waals surface area contributed by atoms with Crippen LogP contribution in [0.15, 0.2) is 29.6 Å². The molecule has 2 bridgehead atoms. The molecular formula is C34H46N4O8S. The Balaban J connectivity index is 0.000000424. The standard InChI is InChI=1S/C30H40N4O3S.C4H6O5/c1-20-26-22(18-38-20)27(36)33(19-37-28-29(2,3)21-10-11-30(28,4)16-21)23-8-6-7-9-24(23)34(26)25(35)17-32-14-12-31(5)13-15-32;5-2(4(8)9)1-3(6)7/h6-9,18,21,28H,10-17,19H2,1-5H3;2,5H,1H2,(H,6,7)(H,8,9). The minimum atomic E-state index is -1.79. The Labute approximate surface area is 279 Å². The molecular weight excluding hydrogens is 624 g/mol. The molecule has 4 atom stereocenters. The van der Waals surface area contributed by atoms with Crippen molar-refractivity contribution in [3.05, 3.63) is 40.1 Å². The van der Waals surface area contributed by atoms with Gasteiger partial charge in [0.25, 0.3) is 5.91 Å². The second kappa shape index (κ2) is 13.6. The topological polar surface area (TPSA) is 151 Å². The van der Waals surface area contributed by atoms with Crippen LogP contribution in [0.25, 0.3) is 0 Å². The average Bonchev–Trinajstić information content (AvgIpc) is 3.62. The predicted octanol–water partition coefficient (Wildman–Crippen LogP) is 4.02. The van der Waals surface area contributed by atoms with Crippen molar-refractivity contribution in [2.45, 2.75) is 65.6 Å². The van der Waals surface area contributed by atoms with Crippen LogP contribution >= 0.6 is 11.3 Å². The van der Waals surface area contributed by atoms with Gasteiger partial charge in [-0.3, -0.25) is 29.1 Å². The number of hydrogen-bond donors (Lipinski definition) is 3. The maximum atomic E-state index is 14.1.